The third kappa shape index (κ3) is 4.74. The summed E-state index contributed by atoms with van der Waals surface area (Å²) in [6.07, 6.45) is 0.846. The van der Waals surface area contributed by atoms with Gasteiger partial charge in [-0.05, 0) is 24.0 Å². The molecule has 1 rings (SSSR count). The van der Waals surface area contributed by atoms with Crippen molar-refractivity contribution in [2.24, 2.45) is 5.41 Å². The van der Waals surface area contributed by atoms with Crippen LogP contribution < -0.4 is 10.1 Å². The zero-order valence-corrected chi connectivity index (χ0v) is 12.5. The average Bonchev–Trinajstić information content (AvgIpc) is 2.42. The quantitative estimate of drug-likeness (QED) is 0.804. The van der Waals surface area contributed by atoms with Crippen molar-refractivity contribution >= 4 is 5.91 Å². The van der Waals surface area contributed by atoms with Crippen LogP contribution in [0.4, 0.5) is 0 Å². The molecule has 5 nitrogen and oxygen atoms in total. The van der Waals surface area contributed by atoms with Crippen LogP contribution in [-0.4, -0.2) is 38.4 Å². The van der Waals surface area contributed by atoms with Crippen LogP contribution in [0.2, 0.25) is 0 Å². The first-order chi connectivity index (χ1) is 9.39. The van der Waals surface area contributed by atoms with Gasteiger partial charge < -0.3 is 19.9 Å². The van der Waals surface area contributed by atoms with Crippen LogP contribution in [0, 0.1) is 5.41 Å². The van der Waals surface area contributed by atoms with E-state index in [4.69, 9.17) is 9.47 Å². The van der Waals surface area contributed by atoms with E-state index < -0.39 is 0 Å². The molecule has 0 bridgehead atoms. The molecule has 2 N–H and O–H groups in total. The molecular weight excluding hydrogens is 258 g/mol. The number of aromatic hydroxyl groups is 1. The van der Waals surface area contributed by atoms with E-state index in [0.717, 1.165) is 6.42 Å². The highest BCUT2D eigenvalue weighted by Gasteiger charge is 2.20. The molecule has 1 amide bonds. The summed E-state index contributed by atoms with van der Waals surface area (Å²) in [5, 5.41) is 12.6. The van der Waals surface area contributed by atoms with E-state index >= 15 is 0 Å². The molecule has 0 aliphatic heterocycles. The van der Waals surface area contributed by atoms with Crippen LogP contribution in [0.3, 0.4) is 0 Å². The molecule has 0 radical (unpaired) electrons. The van der Waals surface area contributed by atoms with Crippen molar-refractivity contribution in [2.45, 2.75) is 20.3 Å². The molecule has 0 spiro atoms. The van der Waals surface area contributed by atoms with E-state index in [1.807, 2.05) is 0 Å². The number of rotatable bonds is 7. The highest BCUT2D eigenvalue weighted by molar-refractivity contribution is 5.97. The molecule has 0 saturated heterocycles. The minimum atomic E-state index is -0.296. The molecule has 0 saturated carbocycles. The number of nitrogens with one attached hydrogen (secondary N) is 1. The molecule has 0 unspecified atom stereocenters. The minimum absolute atomic E-state index is 0.0617. The highest BCUT2D eigenvalue weighted by Crippen LogP contribution is 2.24. The number of carbonyl (C=O) groups excluding carboxylic acids is 1. The Kier molecular flexibility index (Phi) is 5.82. The lowest BCUT2D eigenvalue weighted by Gasteiger charge is -2.24. The van der Waals surface area contributed by atoms with Crippen molar-refractivity contribution in [2.75, 3.05) is 27.4 Å². The Morgan fingerprint density at radius 3 is 2.60 bits per heavy atom. The monoisotopic (exact) mass is 281 g/mol. The molecule has 0 heterocycles. The number of benzene rings is 1. The number of phenolic OH excluding ortho intramolecular Hbond substituents is 1. The molecule has 1 aromatic carbocycles. The zero-order valence-electron chi connectivity index (χ0n) is 12.5. The lowest BCUT2D eigenvalue weighted by molar-refractivity contribution is 0.0918. The zero-order chi connectivity index (χ0) is 15.2. The van der Waals surface area contributed by atoms with Crippen molar-refractivity contribution in [1.82, 2.24) is 5.32 Å². The van der Waals surface area contributed by atoms with Gasteiger partial charge in [-0.3, -0.25) is 4.79 Å². The fourth-order valence-electron chi connectivity index (χ4n) is 1.71. The molecule has 112 valence electrons. The summed E-state index contributed by atoms with van der Waals surface area (Å²) in [7, 11) is 3.16. The standard InChI is InChI=1S/C15H23NO4/c1-15(2,7-8-19-3)10-16-14(18)12-6-5-11(20-4)9-13(12)17/h5-6,9,17H,7-8,10H2,1-4H3,(H,16,18). The second-order valence-corrected chi connectivity index (χ2v) is 5.47. The lowest BCUT2D eigenvalue weighted by atomic mass is 9.89. The van der Waals surface area contributed by atoms with Gasteiger partial charge in [0.15, 0.2) is 0 Å². The summed E-state index contributed by atoms with van der Waals surface area (Å²) < 4.78 is 10.0. The van der Waals surface area contributed by atoms with Crippen molar-refractivity contribution in [1.29, 1.82) is 0 Å². The van der Waals surface area contributed by atoms with Crippen LogP contribution in [0.25, 0.3) is 0 Å². The van der Waals surface area contributed by atoms with Gasteiger partial charge in [0.05, 0.1) is 12.7 Å². The Labute approximate surface area is 119 Å². The first-order valence-corrected chi connectivity index (χ1v) is 6.54. The van der Waals surface area contributed by atoms with Crippen LogP contribution in [0.5, 0.6) is 11.5 Å². The summed E-state index contributed by atoms with van der Waals surface area (Å²) in [6.45, 7) is 5.28. The molecule has 1 aromatic rings. The number of hydrogen-bond acceptors (Lipinski definition) is 4. The van der Waals surface area contributed by atoms with Gasteiger partial charge in [0.1, 0.15) is 11.5 Å². The highest BCUT2D eigenvalue weighted by atomic mass is 16.5. The molecule has 0 atom stereocenters. The van der Waals surface area contributed by atoms with E-state index in [9.17, 15) is 9.90 Å². The summed E-state index contributed by atoms with van der Waals surface area (Å²) in [5.41, 5.74) is 0.182. The van der Waals surface area contributed by atoms with E-state index in [1.165, 1.54) is 13.2 Å². The SMILES string of the molecule is COCCC(C)(C)CNC(=O)c1ccc(OC)cc1O. The van der Waals surface area contributed by atoms with Gasteiger partial charge in [0.25, 0.3) is 5.91 Å². The van der Waals surface area contributed by atoms with Gasteiger partial charge in [-0.15, -0.1) is 0 Å². The lowest BCUT2D eigenvalue weighted by Crippen LogP contribution is -2.34. The van der Waals surface area contributed by atoms with Crippen LogP contribution in [0.1, 0.15) is 30.6 Å². The Balaban J connectivity index is 2.63. The smallest absolute Gasteiger partial charge is 0.255 e. The minimum Gasteiger partial charge on any atom is -0.507 e. The fraction of sp³-hybridized carbons (Fsp3) is 0.533. The summed E-state index contributed by atoms with van der Waals surface area (Å²) in [6, 6.07) is 4.61. The Morgan fingerprint density at radius 2 is 2.05 bits per heavy atom. The number of carbonyl (C=O) groups is 1. The van der Waals surface area contributed by atoms with Crippen molar-refractivity contribution < 1.29 is 19.4 Å². The second kappa shape index (κ2) is 7.14. The van der Waals surface area contributed by atoms with Crippen LogP contribution in [0.15, 0.2) is 18.2 Å². The largest absolute Gasteiger partial charge is 0.507 e. The van der Waals surface area contributed by atoms with E-state index in [0.29, 0.717) is 18.9 Å². The van der Waals surface area contributed by atoms with Gasteiger partial charge >= 0.3 is 0 Å². The fourth-order valence-corrected chi connectivity index (χ4v) is 1.71. The number of ether oxygens (including phenoxy) is 2. The van der Waals surface area contributed by atoms with Crippen molar-refractivity contribution in [3.05, 3.63) is 23.8 Å². The van der Waals surface area contributed by atoms with Crippen LogP contribution in [-0.2, 0) is 4.74 Å². The van der Waals surface area contributed by atoms with Gasteiger partial charge in [-0.25, -0.2) is 0 Å². The maximum Gasteiger partial charge on any atom is 0.255 e. The molecule has 0 fully saturated rings. The second-order valence-electron chi connectivity index (χ2n) is 5.47. The van der Waals surface area contributed by atoms with Gasteiger partial charge in [-0.2, -0.15) is 0 Å². The maximum atomic E-state index is 12.0. The topological polar surface area (TPSA) is 67.8 Å². The Bertz CT molecular complexity index is 457. The number of methoxy groups -OCH3 is 2. The van der Waals surface area contributed by atoms with Gasteiger partial charge in [0.2, 0.25) is 0 Å². The predicted octanol–water partition coefficient (Wildman–Crippen LogP) is 2.19. The number of hydrogen-bond donors (Lipinski definition) is 2. The van der Waals surface area contributed by atoms with Crippen molar-refractivity contribution in [3.8, 4) is 11.5 Å². The van der Waals surface area contributed by atoms with Gasteiger partial charge in [-0.1, -0.05) is 13.8 Å². The first-order valence-electron chi connectivity index (χ1n) is 6.54. The van der Waals surface area contributed by atoms with E-state index in [-0.39, 0.29) is 22.6 Å². The molecule has 0 aliphatic rings. The molecular formula is C15H23NO4. The molecule has 0 aliphatic carbocycles. The Hall–Kier alpha value is -1.75. The summed E-state index contributed by atoms with van der Waals surface area (Å²) in [4.78, 5) is 12.0. The molecule has 20 heavy (non-hydrogen) atoms. The predicted molar refractivity (Wildman–Crippen MR) is 77.3 cm³/mol. The number of amides is 1. The van der Waals surface area contributed by atoms with E-state index in [2.05, 4.69) is 19.2 Å². The molecule has 5 heteroatoms. The Morgan fingerprint density at radius 1 is 1.35 bits per heavy atom. The van der Waals surface area contributed by atoms with E-state index in [1.54, 1.807) is 19.2 Å². The third-order valence-corrected chi connectivity index (χ3v) is 3.16. The summed E-state index contributed by atoms with van der Waals surface area (Å²) in [5.74, 6) is 0.131. The summed E-state index contributed by atoms with van der Waals surface area (Å²) >= 11 is 0. The third-order valence-electron chi connectivity index (χ3n) is 3.16. The van der Waals surface area contributed by atoms with Gasteiger partial charge in [0, 0.05) is 26.3 Å². The number of phenols is 1. The average molecular weight is 281 g/mol. The maximum absolute atomic E-state index is 12.0. The molecule has 0 aromatic heterocycles. The first kappa shape index (κ1) is 16.3. The van der Waals surface area contributed by atoms with Crippen LogP contribution >= 0.6 is 0 Å². The van der Waals surface area contributed by atoms with Crippen molar-refractivity contribution in [3.63, 3.8) is 0 Å². The normalized spacial score (nSPS) is 11.2.